The Morgan fingerprint density at radius 2 is 1.86 bits per heavy atom. The second-order valence-corrected chi connectivity index (χ2v) is 5.69. The predicted molar refractivity (Wildman–Crippen MR) is 79.2 cm³/mol. The lowest BCUT2D eigenvalue weighted by molar-refractivity contribution is -0.137. The molecule has 0 atom stereocenters. The molecule has 0 unspecified atom stereocenters. The summed E-state index contributed by atoms with van der Waals surface area (Å²) in [6.07, 6.45) is -1.88. The number of alkyl halides is 3. The molecule has 2 heterocycles. The van der Waals surface area contributed by atoms with Gasteiger partial charge in [-0.25, -0.2) is 4.98 Å². The minimum absolute atomic E-state index is 0.0311. The molecule has 1 fully saturated rings. The first-order valence-electron chi connectivity index (χ1n) is 7.22. The van der Waals surface area contributed by atoms with Gasteiger partial charge in [0.05, 0.1) is 10.6 Å². The van der Waals surface area contributed by atoms with E-state index in [-0.39, 0.29) is 11.6 Å². The van der Waals surface area contributed by atoms with Crippen LogP contribution in [0.1, 0.15) is 18.4 Å². The quantitative estimate of drug-likeness (QED) is 0.839. The zero-order valence-electron chi connectivity index (χ0n) is 12.1. The van der Waals surface area contributed by atoms with Crippen molar-refractivity contribution in [3.63, 3.8) is 0 Å². The van der Waals surface area contributed by atoms with Crippen LogP contribution in [0.2, 0.25) is 5.02 Å². The van der Waals surface area contributed by atoms with Crippen LogP contribution in [-0.4, -0.2) is 54.3 Å². The first kappa shape index (κ1) is 17.3. The number of aliphatic hydroxyl groups excluding tert-OH is 1. The van der Waals surface area contributed by atoms with Crippen LogP contribution < -0.4 is 4.90 Å². The largest absolute Gasteiger partial charge is 0.417 e. The van der Waals surface area contributed by atoms with E-state index in [2.05, 4.69) is 9.88 Å². The van der Waals surface area contributed by atoms with Gasteiger partial charge in [-0.15, -0.1) is 0 Å². The molecule has 0 bridgehead atoms. The molecule has 0 amide bonds. The number of halogens is 4. The smallest absolute Gasteiger partial charge is 0.396 e. The molecule has 4 nitrogen and oxygen atoms in total. The van der Waals surface area contributed by atoms with Crippen LogP contribution in [0.15, 0.2) is 12.3 Å². The van der Waals surface area contributed by atoms with Crippen molar-refractivity contribution in [2.45, 2.75) is 19.0 Å². The first-order valence-corrected chi connectivity index (χ1v) is 7.60. The Morgan fingerprint density at radius 1 is 1.18 bits per heavy atom. The summed E-state index contributed by atoms with van der Waals surface area (Å²) in [4.78, 5) is 8.07. The summed E-state index contributed by atoms with van der Waals surface area (Å²) in [6.45, 7) is 4.09. The Labute approximate surface area is 132 Å². The van der Waals surface area contributed by atoms with E-state index in [4.69, 9.17) is 16.7 Å². The molecule has 0 aromatic carbocycles. The van der Waals surface area contributed by atoms with Gasteiger partial charge in [0.2, 0.25) is 0 Å². The molecular formula is C14H19ClF3N3O. The monoisotopic (exact) mass is 337 g/mol. The van der Waals surface area contributed by atoms with Crippen LogP contribution in [0.3, 0.4) is 0 Å². The van der Waals surface area contributed by atoms with E-state index < -0.39 is 11.7 Å². The van der Waals surface area contributed by atoms with Crippen molar-refractivity contribution in [1.82, 2.24) is 9.88 Å². The molecule has 1 aromatic heterocycles. The molecule has 1 aliphatic rings. The molecule has 1 aliphatic heterocycles. The van der Waals surface area contributed by atoms with Gasteiger partial charge in [0, 0.05) is 39.0 Å². The number of hydrogen-bond acceptors (Lipinski definition) is 4. The lowest BCUT2D eigenvalue weighted by Crippen LogP contribution is -2.47. The molecule has 0 spiro atoms. The highest BCUT2D eigenvalue weighted by molar-refractivity contribution is 6.33. The summed E-state index contributed by atoms with van der Waals surface area (Å²) >= 11 is 5.96. The topological polar surface area (TPSA) is 39.6 Å². The predicted octanol–water partition coefficient (Wildman–Crippen LogP) is 2.65. The van der Waals surface area contributed by atoms with Gasteiger partial charge in [-0.3, -0.25) is 4.90 Å². The van der Waals surface area contributed by atoms with Gasteiger partial charge in [0.1, 0.15) is 5.82 Å². The SMILES string of the molecule is OCCCCN1CCN(c2ncc(C(F)(F)F)cc2Cl)CC1. The molecule has 1 saturated heterocycles. The van der Waals surface area contributed by atoms with Gasteiger partial charge >= 0.3 is 6.18 Å². The summed E-state index contributed by atoms with van der Waals surface area (Å²) in [6, 6.07) is 0.928. The van der Waals surface area contributed by atoms with Crippen molar-refractivity contribution >= 4 is 17.4 Å². The van der Waals surface area contributed by atoms with Crippen LogP contribution in [0, 0.1) is 0 Å². The van der Waals surface area contributed by atoms with Gasteiger partial charge in [-0.05, 0) is 25.5 Å². The standard InChI is InChI=1S/C14H19ClF3N3O/c15-12-9-11(14(16,17)18)10-19-13(12)21-6-4-20(5-7-21)3-1-2-8-22/h9-10,22H,1-8H2. The van der Waals surface area contributed by atoms with Crippen molar-refractivity contribution in [2.24, 2.45) is 0 Å². The second-order valence-electron chi connectivity index (χ2n) is 5.29. The van der Waals surface area contributed by atoms with E-state index in [1.54, 1.807) is 0 Å². The lowest BCUT2D eigenvalue weighted by Gasteiger charge is -2.35. The Bertz CT molecular complexity index is 491. The van der Waals surface area contributed by atoms with E-state index in [0.717, 1.165) is 44.7 Å². The second kappa shape index (κ2) is 7.48. The molecular weight excluding hydrogens is 319 g/mol. The van der Waals surface area contributed by atoms with E-state index >= 15 is 0 Å². The number of nitrogens with zero attached hydrogens (tertiary/aromatic N) is 3. The number of hydrogen-bond donors (Lipinski definition) is 1. The average molecular weight is 338 g/mol. The highest BCUT2D eigenvalue weighted by Crippen LogP contribution is 2.33. The molecule has 1 aromatic rings. The minimum atomic E-state index is -4.43. The number of pyridine rings is 1. The summed E-state index contributed by atoms with van der Waals surface area (Å²) in [5, 5.41) is 8.80. The zero-order valence-corrected chi connectivity index (χ0v) is 12.9. The average Bonchev–Trinajstić information content (AvgIpc) is 2.47. The number of aromatic nitrogens is 1. The summed E-state index contributed by atoms with van der Waals surface area (Å²) in [7, 11) is 0. The number of piperazine rings is 1. The van der Waals surface area contributed by atoms with Crippen molar-refractivity contribution in [3.05, 3.63) is 22.8 Å². The minimum Gasteiger partial charge on any atom is -0.396 e. The van der Waals surface area contributed by atoms with Gasteiger partial charge in [0.25, 0.3) is 0 Å². The van der Waals surface area contributed by atoms with E-state index in [1.165, 1.54) is 0 Å². The van der Waals surface area contributed by atoms with Crippen LogP contribution in [0.4, 0.5) is 19.0 Å². The fourth-order valence-corrected chi connectivity index (χ4v) is 2.73. The first-order chi connectivity index (χ1) is 10.4. The van der Waals surface area contributed by atoms with Crippen molar-refractivity contribution in [3.8, 4) is 0 Å². The molecule has 0 saturated carbocycles. The van der Waals surface area contributed by atoms with Gasteiger partial charge in [-0.1, -0.05) is 11.6 Å². The zero-order chi connectivity index (χ0) is 16.2. The highest BCUT2D eigenvalue weighted by Gasteiger charge is 2.32. The van der Waals surface area contributed by atoms with Crippen LogP contribution in [0.25, 0.3) is 0 Å². The number of anilines is 1. The Balaban J connectivity index is 1.94. The van der Waals surface area contributed by atoms with E-state index in [9.17, 15) is 13.2 Å². The molecule has 8 heteroatoms. The lowest BCUT2D eigenvalue weighted by atomic mass is 10.2. The van der Waals surface area contributed by atoms with Crippen molar-refractivity contribution in [2.75, 3.05) is 44.2 Å². The third-order valence-electron chi connectivity index (χ3n) is 3.70. The number of rotatable bonds is 5. The van der Waals surface area contributed by atoms with Crippen LogP contribution in [-0.2, 0) is 6.18 Å². The molecule has 0 aliphatic carbocycles. The number of aliphatic hydroxyl groups is 1. The van der Waals surface area contributed by atoms with Crippen LogP contribution in [0.5, 0.6) is 0 Å². The number of unbranched alkanes of at least 4 members (excludes halogenated alkanes) is 1. The molecule has 22 heavy (non-hydrogen) atoms. The summed E-state index contributed by atoms with van der Waals surface area (Å²) in [5.41, 5.74) is -0.830. The highest BCUT2D eigenvalue weighted by atomic mass is 35.5. The van der Waals surface area contributed by atoms with Crippen molar-refractivity contribution in [1.29, 1.82) is 0 Å². The van der Waals surface area contributed by atoms with Gasteiger partial charge < -0.3 is 10.0 Å². The Morgan fingerprint density at radius 3 is 2.41 bits per heavy atom. The van der Waals surface area contributed by atoms with Gasteiger partial charge in [0.15, 0.2) is 0 Å². The molecule has 0 radical (unpaired) electrons. The van der Waals surface area contributed by atoms with Crippen molar-refractivity contribution < 1.29 is 18.3 Å². The maximum atomic E-state index is 12.6. The fourth-order valence-electron chi connectivity index (χ4n) is 2.45. The fraction of sp³-hybridized carbons (Fsp3) is 0.643. The molecule has 1 N–H and O–H groups in total. The Kier molecular flexibility index (Phi) is 5.88. The maximum Gasteiger partial charge on any atom is 0.417 e. The third kappa shape index (κ3) is 4.47. The maximum absolute atomic E-state index is 12.6. The summed E-state index contributed by atoms with van der Waals surface area (Å²) < 4.78 is 37.8. The molecule has 124 valence electrons. The van der Waals surface area contributed by atoms with Gasteiger partial charge in [-0.2, -0.15) is 13.2 Å². The molecule has 2 rings (SSSR count). The van der Waals surface area contributed by atoms with E-state index in [0.29, 0.717) is 18.9 Å². The van der Waals surface area contributed by atoms with Crippen LogP contribution >= 0.6 is 11.6 Å². The normalized spacial score (nSPS) is 17.0. The Hall–Kier alpha value is -1.05. The third-order valence-corrected chi connectivity index (χ3v) is 3.98. The summed E-state index contributed by atoms with van der Waals surface area (Å²) in [5.74, 6) is 0.407. The van der Waals surface area contributed by atoms with E-state index in [1.807, 2.05) is 4.90 Å².